The number of piperidine rings is 1. The highest BCUT2D eigenvalue weighted by Gasteiger charge is 2.26. The van der Waals surface area contributed by atoms with Gasteiger partial charge in [-0.2, -0.15) is 4.98 Å². The Bertz CT molecular complexity index is 828. The average Bonchev–Trinajstić information content (AvgIpc) is 2.86. The highest BCUT2D eigenvalue weighted by molar-refractivity contribution is 5.61. The van der Waals surface area contributed by atoms with E-state index in [1.54, 1.807) is 0 Å². The Hall–Kier alpha value is -2.42. The average molecular weight is 425 g/mol. The van der Waals surface area contributed by atoms with Crippen LogP contribution in [0.5, 0.6) is 0 Å². The molecule has 4 heterocycles. The molecule has 1 N–H and O–H groups in total. The Morgan fingerprint density at radius 3 is 2.16 bits per heavy atom. The largest absolute Gasteiger partial charge is 0.379 e. The van der Waals surface area contributed by atoms with Gasteiger partial charge >= 0.3 is 0 Å². The maximum atomic E-state index is 5.49. The lowest BCUT2D eigenvalue weighted by Crippen LogP contribution is -2.49. The Balaban J connectivity index is 1.18. The van der Waals surface area contributed by atoms with Crippen molar-refractivity contribution in [2.45, 2.75) is 18.9 Å². The van der Waals surface area contributed by atoms with Gasteiger partial charge in [-0.1, -0.05) is 0 Å². The number of ether oxygens (including phenoxy) is 2. The Morgan fingerprint density at radius 2 is 1.45 bits per heavy atom. The first-order valence-corrected chi connectivity index (χ1v) is 11.4. The minimum absolute atomic E-state index is 0.659. The fourth-order valence-corrected chi connectivity index (χ4v) is 4.67. The first-order valence-electron chi connectivity index (χ1n) is 11.4. The van der Waals surface area contributed by atoms with Crippen LogP contribution < -0.4 is 15.1 Å². The van der Waals surface area contributed by atoms with E-state index in [0.717, 1.165) is 96.0 Å². The number of nitrogens with zero attached hydrogens (tertiary/aromatic N) is 5. The van der Waals surface area contributed by atoms with E-state index in [9.17, 15) is 0 Å². The van der Waals surface area contributed by atoms with E-state index in [4.69, 9.17) is 14.5 Å². The van der Waals surface area contributed by atoms with E-state index in [0.29, 0.717) is 6.04 Å². The number of anilines is 4. The number of rotatable bonds is 5. The summed E-state index contributed by atoms with van der Waals surface area (Å²) >= 11 is 0. The van der Waals surface area contributed by atoms with Crippen LogP contribution in [0.15, 0.2) is 36.5 Å². The number of benzene rings is 1. The summed E-state index contributed by atoms with van der Waals surface area (Å²) in [5.41, 5.74) is 2.27. The molecule has 2 aromatic rings. The molecular weight excluding hydrogens is 392 g/mol. The minimum Gasteiger partial charge on any atom is -0.379 e. The molecule has 0 radical (unpaired) electrons. The molecule has 0 bridgehead atoms. The van der Waals surface area contributed by atoms with Crippen molar-refractivity contribution in [2.75, 3.05) is 80.8 Å². The highest BCUT2D eigenvalue weighted by atomic mass is 16.5. The molecule has 3 saturated heterocycles. The van der Waals surface area contributed by atoms with Crippen LogP contribution in [0.25, 0.3) is 0 Å². The van der Waals surface area contributed by atoms with E-state index in [2.05, 4.69) is 49.3 Å². The smallest absolute Gasteiger partial charge is 0.227 e. The van der Waals surface area contributed by atoms with Crippen LogP contribution in [-0.2, 0) is 9.47 Å². The zero-order valence-electron chi connectivity index (χ0n) is 18.1. The second-order valence-electron chi connectivity index (χ2n) is 8.38. The molecule has 0 unspecified atom stereocenters. The molecule has 0 spiro atoms. The summed E-state index contributed by atoms with van der Waals surface area (Å²) in [5, 5.41) is 3.43. The summed E-state index contributed by atoms with van der Waals surface area (Å²) in [5.74, 6) is 1.65. The lowest BCUT2D eigenvalue weighted by molar-refractivity contribution is 0.0114. The van der Waals surface area contributed by atoms with Crippen LogP contribution in [0.1, 0.15) is 12.8 Å². The van der Waals surface area contributed by atoms with E-state index in [1.807, 2.05) is 12.3 Å². The fraction of sp³-hybridized carbons (Fsp3) is 0.565. The molecule has 0 aliphatic carbocycles. The zero-order chi connectivity index (χ0) is 20.9. The first-order chi connectivity index (χ1) is 15.3. The van der Waals surface area contributed by atoms with Crippen LogP contribution in [0.4, 0.5) is 23.1 Å². The third kappa shape index (κ3) is 5.08. The number of aromatic nitrogens is 2. The van der Waals surface area contributed by atoms with Crippen molar-refractivity contribution in [3.05, 3.63) is 36.5 Å². The van der Waals surface area contributed by atoms with E-state index in [1.165, 1.54) is 5.69 Å². The maximum Gasteiger partial charge on any atom is 0.227 e. The fourth-order valence-electron chi connectivity index (χ4n) is 4.67. The molecule has 0 amide bonds. The standard InChI is InChI=1S/C23H32N6O2/c1-3-20(27-11-15-30-16-12-27)4-2-19(1)25-22-5-8-24-23(26-22)29-9-6-21(7-10-29)28-13-17-31-18-14-28/h1-5,8,21H,6-7,9-18H2,(H,24,25,26). The minimum atomic E-state index is 0.659. The van der Waals surface area contributed by atoms with Gasteiger partial charge in [-0.25, -0.2) is 4.98 Å². The van der Waals surface area contributed by atoms with Gasteiger partial charge < -0.3 is 24.6 Å². The molecule has 3 aliphatic rings. The summed E-state index contributed by atoms with van der Waals surface area (Å²) in [4.78, 5) is 16.6. The van der Waals surface area contributed by atoms with Gasteiger partial charge in [0.1, 0.15) is 5.82 Å². The molecule has 1 aromatic heterocycles. The highest BCUT2D eigenvalue weighted by Crippen LogP contribution is 2.24. The molecule has 31 heavy (non-hydrogen) atoms. The maximum absolute atomic E-state index is 5.49. The molecule has 0 atom stereocenters. The van der Waals surface area contributed by atoms with Crippen LogP contribution >= 0.6 is 0 Å². The predicted octanol–water partition coefficient (Wildman–Crippen LogP) is 2.36. The van der Waals surface area contributed by atoms with Gasteiger partial charge in [-0.05, 0) is 43.2 Å². The van der Waals surface area contributed by atoms with Gasteiger partial charge in [0.2, 0.25) is 5.95 Å². The number of hydrogen-bond acceptors (Lipinski definition) is 8. The Labute approximate surface area is 184 Å². The van der Waals surface area contributed by atoms with Crippen molar-refractivity contribution < 1.29 is 9.47 Å². The van der Waals surface area contributed by atoms with Crippen molar-refractivity contribution in [3.8, 4) is 0 Å². The molecule has 166 valence electrons. The molecular formula is C23H32N6O2. The SMILES string of the molecule is c1cc(Nc2ccc(N3CCOCC3)cc2)nc(N2CCC(N3CCOCC3)CC2)n1. The lowest BCUT2D eigenvalue weighted by atomic mass is 10.0. The van der Waals surface area contributed by atoms with Gasteiger partial charge in [-0.3, -0.25) is 4.90 Å². The second kappa shape index (κ2) is 9.80. The predicted molar refractivity (Wildman–Crippen MR) is 122 cm³/mol. The zero-order valence-corrected chi connectivity index (χ0v) is 18.1. The van der Waals surface area contributed by atoms with Crippen molar-refractivity contribution in [3.63, 3.8) is 0 Å². The molecule has 0 saturated carbocycles. The summed E-state index contributed by atoms with van der Waals surface area (Å²) < 4.78 is 10.9. The molecule has 3 aliphatic heterocycles. The van der Waals surface area contributed by atoms with Gasteiger partial charge in [0, 0.05) is 62.9 Å². The molecule has 5 rings (SSSR count). The van der Waals surface area contributed by atoms with Crippen LogP contribution in [0.2, 0.25) is 0 Å². The number of nitrogens with one attached hydrogen (secondary N) is 1. The summed E-state index contributed by atoms with van der Waals surface area (Å²) in [6, 6.07) is 11.1. The molecule has 1 aromatic carbocycles. The first kappa shape index (κ1) is 20.5. The number of hydrogen-bond donors (Lipinski definition) is 1. The Kier molecular flexibility index (Phi) is 6.48. The monoisotopic (exact) mass is 424 g/mol. The van der Waals surface area contributed by atoms with Crippen LogP contribution in [0, 0.1) is 0 Å². The van der Waals surface area contributed by atoms with Gasteiger partial charge in [-0.15, -0.1) is 0 Å². The van der Waals surface area contributed by atoms with Crippen molar-refractivity contribution in [1.82, 2.24) is 14.9 Å². The quantitative estimate of drug-likeness (QED) is 0.785. The lowest BCUT2D eigenvalue weighted by Gasteiger charge is -2.40. The van der Waals surface area contributed by atoms with E-state index in [-0.39, 0.29) is 0 Å². The van der Waals surface area contributed by atoms with Gasteiger partial charge in [0.25, 0.3) is 0 Å². The summed E-state index contributed by atoms with van der Waals surface area (Å²) in [7, 11) is 0. The van der Waals surface area contributed by atoms with Crippen LogP contribution in [-0.4, -0.2) is 86.6 Å². The number of morpholine rings is 2. The Morgan fingerprint density at radius 1 is 0.774 bits per heavy atom. The molecule has 8 nitrogen and oxygen atoms in total. The van der Waals surface area contributed by atoms with Crippen molar-refractivity contribution in [2.24, 2.45) is 0 Å². The van der Waals surface area contributed by atoms with Gasteiger partial charge in [0.05, 0.1) is 26.4 Å². The topological polar surface area (TPSA) is 66.0 Å². The van der Waals surface area contributed by atoms with Gasteiger partial charge in [0.15, 0.2) is 0 Å². The van der Waals surface area contributed by atoms with E-state index < -0.39 is 0 Å². The molecule has 8 heteroatoms. The van der Waals surface area contributed by atoms with Crippen molar-refractivity contribution in [1.29, 1.82) is 0 Å². The normalized spacial score (nSPS) is 21.3. The van der Waals surface area contributed by atoms with Crippen LogP contribution in [0.3, 0.4) is 0 Å². The summed E-state index contributed by atoms with van der Waals surface area (Å²) in [6.45, 7) is 9.35. The molecule has 3 fully saturated rings. The summed E-state index contributed by atoms with van der Waals surface area (Å²) in [6.07, 6.45) is 4.16. The second-order valence-corrected chi connectivity index (χ2v) is 8.38. The van der Waals surface area contributed by atoms with Crippen molar-refractivity contribution >= 4 is 23.1 Å². The van der Waals surface area contributed by atoms with E-state index >= 15 is 0 Å². The third-order valence-corrected chi connectivity index (χ3v) is 6.47. The third-order valence-electron chi connectivity index (χ3n) is 6.47.